The molecule has 6 nitrogen and oxygen atoms in total. The molecule has 3 saturated heterocycles. The Hall–Kier alpha value is -2.47. The number of hydrogen-bond donors (Lipinski definition) is 1. The summed E-state index contributed by atoms with van der Waals surface area (Å²) < 4.78 is 6.11. The van der Waals surface area contributed by atoms with Crippen molar-refractivity contribution in [1.29, 1.82) is 0 Å². The van der Waals surface area contributed by atoms with Crippen molar-refractivity contribution in [2.24, 2.45) is 5.92 Å². The highest BCUT2D eigenvalue weighted by Gasteiger charge is 2.35. The van der Waals surface area contributed by atoms with E-state index < -0.39 is 0 Å². The maximum absolute atomic E-state index is 6.11. The molecule has 1 N–H and O–H groups in total. The highest BCUT2D eigenvalue weighted by Crippen LogP contribution is 2.30. The first-order chi connectivity index (χ1) is 11.8. The van der Waals surface area contributed by atoms with Crippen molar-refractivity contribution in [2.45, 2.75) is 18.9 Å². The summed E-state index contributed by atoms with van der Waals surface area (Å²) in [7, 11) is 0. The maximum atomic E-state index is 6.11. The van der Waals surface area contributed by atoms with Crippen LogP contribution in [0.4, 0.5) is 0 Å². The molecule has 1 aromatic carbocycles. The van der Waals surface area contributed by atoms with E-state index in [0.717, 1.165) is 28.8 Å². The van der Waals surface area contributed by atoms with Gasteiger partial charge in [-0.15, -0.1) is 10.2 Å². The molecule has 0 radical (unpaired) electrons. The maximum Gasteiger partial charge on any atom is 0.233 e. The molecule has 6 heteroatoms. The number of imidazole rings is 1. The molecule has 6 rings (SSSR count). The van der Waals surface area contributed by atoms with E-state index in [0.29, 0.717) is 11.8 Å². The molecular formula is C18H19N5O. The van der Waals surface area contributed by atoms with Crippen molar-refractivity contribution >= 4 is 11.0 Å². The molecule has 0 aliphatic carbocycles. The smallest absolute Gasteiger partial charge is 0.233 e. The van der Waals surface area contributed by atoms with Crippen LogP contribution in [0.1, 0.15) is 12.8 Å². The second kappa shape index (κ2) is 5.56. The first-order valence-electron chi connectivity index (χ1n) is 8.51. The fraction of sp³-hybridized carbons (Fsp3) is 0.389. The minimum Gasteiger partial charge on any atom is -0.472 e. The molecule has 2 aromatic heterocycles. The zero-order valence-corrected chi connectivity index (χ0v) is 13.4. The van der Waals surface area contributed by atoms with E-state index in [1.54, 1.807) is 6.33 Å². The fourth-order valence-electron chi connectivity index (χ4n) is 3.83. The second-order valence-corrected chi connectivity index (χ2v) is 6.69. The Kier molecular flexibility index (Phi) is 3.23. The van der Waals surface area contributed by atoms with Crippen LogP contribution in [-0.4, -0.2) is 50.8 Å². The number of aromatic nitrogens is 4. The van der Waals surface area contributed by atoms with E-state index in [1.807, 2.05) is 30.3 Å². The zero-order valence-electron chi connectivity index (χ0n) is 13.4. The van der Waals surface area contributed by atoms with Gasteiger partial charge in [0, 0.05) is 18.2 Å². The van der Waals surface area contributed by atoms with Gasteiger partial charge in [-0.05, 0) is 50.0 Å². The van der Waals surface area contributed by atoms with Gasteiger partial charge < -0.3 is 9.72 Å². The Labute approximate surface area is 139 Å². The summed E-state index contributed by atoms with van der Waals surface area (Å²) in [5, 5.41) is 8.62. The van der Waals surface area contributed by atoms with Gasteiger partial charge in [-0.2, -0.15) is 0 Å². The average Bonchev–Trinajstić information content (AvgIpc) is 3.11. The molecule has 3 aliphatic rings. The van der Waals surface area contributed by atoms with Crippen LogP contribution >= 0.6 is 0 Å². The van der Waals surface area contributed by atoms with E-state index in [9.17, 15) is 0 Å². The van der Waals surface area contributed by atoms with Gasteiger partial charge in [0.25, 0.3) is 0 Å². The zero-order chi connectivity index (χ0) is 15.9. The van der Waals surface area contributed by atoms with Gasteiger partial charge in [-0.1, -0.05) is 6.07 Å². The molecule has 3 aromatic rings. The summed E-state index contributed by atoms with van der Waals surface area (Å²) in [6.07, 6.45) is 4.43. The molecule has 1 atom stereocenters. The van der Waals surface area contributed by atoms with Gasteiger partial charge in [0.1, 0.15) is 6.10 Å². The first-order valence-corrected chi connectivity index (χ1v) is 8.51. The topological polar surface area (TPSA) is 66.9 Å². The third-order valence-electron chi connectivity index (χ3n) is 5.23. The predicted octanol–water partition coefficient (Wildman–Crippen LogP) is 2.49. The molecule has 3 aliphatic heterocycles. The summed E-state index contributed by atoms with van der Waals surface area (Å²) in [4.78, 5) is 9.86. The Morgan fingerprint density at radius 3 is 2.75 bits per heavy atom. The van der Waals surface area contributed by atoms with Gasteiger partial charge in [-0.3, -0.25) is 4.90 Å². The molecule has 2 bridgehead atoms. The Balaban J connectivity index is 1.35. The van der Waals surface area contributed by atoms with Crippen molar-refractivity contribution in [3.63, 3.8) is 0 Å². The average molecular weight is 321 g/mol. The van der Waals surface area contributed by atoms with E-state index >= 15 is 0 Å². The molecule has 0 amide bonds. The highest BCUT2D eigenvalue weighted by molar-refractivity contribution is 5.80. The van der Waals surface area contributed by atoms with Gasteiger partial charge in [-0.25, -0.2) is 4.98 Å². The third-order valence-corrected chi connectivity index (χ3v) is 5.23. The summed E-state index contributed by atoms with van der Waals surface area (Å²) in [5.74, 6) is 1.29. The number of rotatable bonds is 3. The molecule has 3 fully saturated rings. The number of ether oxygens (including phenoxy) is 1. The lowest BCUT2D eigenvalue weighted by Crippen LogP contribution is -2.52. The van der Waals surface area contributed by atoms with Crippen LogP contribution < -0.4 is 4.74 Å². The van der Waals surface area contributed by atoms with Crippen LogP contribution in [-0.2, 0) is 0 Å². The number of nitrogens with one attached hydrogen (secondary N) is 1. The van der Waals surface area contributed by atoms with E-state index in [2.05, 4.69) is 25.1 Å². The van der Waals surface area contributed by atoms with Gasteiger partial charge in [0.2, 0.25) is 5.88 Å². The number of H-pyrrole nitrogens is 1. The molecular weight excluding hydrogens is 302 g/mol. The van der Waals surface area contributed by atoms with Crippen molar-refractivity contribution < 1.29 is 4.74 Å². The summed E-state index contributed by atoms with van der Waals surface area (Å²) in [6, 6.07) is 9.95. The van der Waals surface area contributed by atoms with Crippen LogP contribution in [0.2, 0.25) is 0 Å². The number of piperidine rings is 3. The van der Waals surface area contributed by atoms with Crippen molar-refractivity contribution in [3.05, 3.63) is 36.7 Å². The van der Waals surface area contributed by atoms with Gasteiger partial charge in [0.05, 0.1) is 23.1 Å². The van der Waals surface area contributed by atoms with E-state index in [4.69, 9.17) is 4.74 Å². The van der Waals surface area contributed by atoms with Crippen LogP contribution in [0.5, 0.6) is 5.88 Å². The number of aromatic amines is 1. The minimum atomic E-state index is 0.257. The third kappa shape index (κ3) is 2.43. The number of nitrogens with zero attached hydrogens (tertiary/aromatic N) is 4. The quantitative estimate of drug-likeness (QED) is 0.803. The normalized spacial score (nSPS) is 25.9. The SMILES string of the molecule is c1nc2cc(-c3ccc(OC4CN5CCC4CC5)nn3)ccc2[nH]1. The molecule has 24 heavy (non-hydrogen) atoms. The fourth-order valence-corrected chi connectivity index (χ4v) is 3.83. The predicted molar refractivity (Wildman–Crippen MR) is 90.7 cm³/mol. The molecule has 5 heterocycles. The van der Waals surface area contributed by atoms with Gasteiger partial charge >= 0.3 is 0 Å². The molecule has 122 valence electrons. The summed E-state index contributed by atoms with van der Waals surface area (Å²) in [5.41, 5.74) is 3.80. The molecule has 1 unspecified atom stereocenters. The van der Waals surface area contributed by atoms with Crippen LogP contribution in [0.25, 0.3) is 22.3 Å². The Bertz CT molecular complexity index is 851. The van der Waals surface area contributed by atoms with Crippen LogP contribution in [0, 0.1) is 5.92 Å². The lowest BCUT2D eigenvalue weighted by molar-refractivity contribution is -0.0103. The minimum absolute atomic E-state index is 0.257. The van der Waals surface area contributed by atoms with E-state index in [1.165, 1.54) is 25.9 Å². The lowest BCUT2D eigenvalue weighted by atomic mass is 9.86. The lowest BCUT2D eigenvalue weighted by Gasteiger charge is -2.44. The van der Waals surface area contributed by atoms with Crippen LogP contribution in [0.3, 0.4) is 0 Å². The van der Waals surface area contributed by atoms with Crippen molar-refractivity contribution in [1.82, 2.24) is 25.1 Å². The van der Waals surface area contributed by atoms with E-state index in [-0.39, 0.29) is 6.10 Å². The number of benzene rings is 1. The summed E-state index contributed by atoms with van der Waals surface area (Å²) >= 11 is 0. The van der Waals surface area contributed by atoms with Crippen molar-refractivity contribution in [2.75, 3.05) is 19.6 Å². The Morgan fingerprint density at radius 2 is 2.00 bits per heavy atom. The number of hydrogen-bond acceptors (Lipinski definition) is 5. The highest BCUT2D eigenvalue weighted by atomic mass is 16.5. The number of fused-ring (bicyclic) bond motifs is 4. The second-order valence-electron chi connectivity index (χ2n) is 6.69. The summed E-state index contributed by atoms with van der Waals surface area (Å²) in [6.45, 7) is 3.44. The molecule has 0 spiro atoms. The van der Waals surface area contributed by atoms with Gasteiger partial charge in [0.15, 0.2) is 0 Å². The molecule has 0 saturated carbocycles. The monoisotopic (exact) mass is 321 g/mol. The van der Waals surface area contributed by atoms with Crippen molar-refractivity contribution in [3.8, 4) is 17.1 Å². The largest absolute Gasteiger partial charge is 0.472 e. The Morgan fingerprint density at radius 1 is 1.08 bits per heavy atom. The van der Waals surface area contributed by atoms with Crippen LogP contribution in [0.15, 0.2) is 36.7 Å². The first kappa shape index (κ1) is 13.9. The standard InChI is InChI=1S/C18H19N5O/c1-2-15-16(20-11-19-15)9-13(1)14-3-4-18(22-21-14)24-17-10-23-7-5-12(17)6-8-23/h1-4,9,11-12,17H,5-8,10H2,(H,19,20).